The summed E-state index contributed by atoms with van der Waals surface area (Å²) in [6.45, 7) is 11.2. The van der Waals surface area contributed by atoms with Crippen molar-refractivity contribution >= 4 is 99.2 Å². The third-order valence-electron chi connectivity index (χ3n) is 18.7. The number of carboxylic acid groups (broad SMARTS) is 1. The zero-order valence-electron chi connectivity index (χ0n) is 58.4. The Morgan fingerprint density at radius 1 is 0.778 bits per heavy atom. The van der Waals surface area contributed by atoms with Crippen LogP contribution < -0.4 is 57.6 Å². The zero-order valence-corrected chi connectivity index (χ0v) is 62.1. The summed E-state index contributed by atoms with van der Waals surface area (Å²) in [6.07, 6.45) is -17.7. The maximum atomic E-state index is 16.2. The van der Waals surface area contributed by atoms with E-state index in [1.54, 1.807) is 13.8 Å². The van der Waals surface area contributed by atoms with Crippen LogP contribution in [-0.4, -0.2) is 201 Å². The standard InChI is InChI=1S/C71H80Cl2IN9O25/c1-8-13-102-70(101)83(7)39(14-26(2)3)63(94)81-53-55(89)32-15-27(4)58(37(73)18-32)105-44-20-31-19-43(59(44)108-69-60(57(91)56(90)45(25-74)106-69)107-47-24-71(6,76)61(92)28(5)103-47)104-42-12-10-30(17-36(42)72)54(88)52-67(98)80-51(68(99)100)35-21-33(84)22-41(86)48(35)34-16-29(9-11-40(34)85)49(64(95)82-52)79-65(96)50(31)78-62(93)38(23-46(75)87)77-66(53)97/h8-12,15-22,26,28,38-39,45,47,49-57,60-61,69,84-86,88-92H,1,13-14,23-25,76H2,2-7H3,(H2,75,87)(H,77,97)(H,78,93)(H,79,96)(H,80,98)(H,81,94)(H,82,95)(H,99,100)/t28?,38-,39+,45?,47?,49+,50+,51+,52-,53+,54+,55+,56?,57?,60?,61?,69?,71?/m0/s1. The van der Waals surface area contributed by atoms with Crippen molar-refractivity contribution in [1.82, 2.24) is 36.8 Å². The first-order valence-electron chi connectivity index (χ1n) is 33.6. The molecule has 0 spiro atoms. The molecule has 11 bridgehead atoms. The van der Waals surface area contributed by atoms with Gasteiger partial charge in [-0.05, 0) is 116 Å². The predicted molar refractivity (Wildman–Crippen MR) is 386 cm³/mol. The first kappa shape index (κ1) is 81.1. The van der Waals surface area contributed by atoms with Gasteiger partial charge in [-0.15, -0.1) is 0 Å². The molecule has 0 aliphatic carbocycles. The van der Waals surface area contributed by atoms with Crippen LogP contribution in [0, 0.1) is 12.8 Å². The third kappa shape index (κ3) is 17.4. The number of carboxylic acids is 1. The van der Waals surface area contributed by atoms with E-state index in [9.17, 15) is 69.9 Å². The second kappa shape index (κ2) is 33.2. The minimum Gasteiger partial charge on any atom is -0.508 e. The van der Waals surface area contributed by atoms with Gasteiger partial charge in [0.25, 0.3) is 0 Å². The van der Waals surface area contributed by atoms with E-state index in [0.29, 0.717) is 0 Å². The Labute approximate surface area is 639 Å². The number of alkyl halides is 1. The Kier molecular flexibility index (Phi) is 25.0. The number of nitrogens with one attached hydrogen (secondary N) is 6. The van der Waals surface area contributed by atoms with Crippen molar-refractivity contribution in [3.63, 3.8) is 0 Å². The van der Waals surface area contributed by atoms with E-state index >= 15 is 19.2 Å². The number of aryl methyl sites for hydroxylation is 1. The number of amides is 8. The Bertz CT molecular complexity index is 4360. The summed E-state index contributed by atoms with van der Waals surface area (Å²) in [5, 5.41) is 118. The van der Waals surface area contributed by atoms with Crippen molar-refractivity contribution < 1.29 is 122 Å². The van der Waals surface area contributed by atoms with E-state index in [0.717, 1.165) is 71.6 Å². The maximum Gasteiger partial charge on any atom is 0.410 e. The lowest BCUT2D eigenvalue weighted by molar-refractivity contribution is -0.328. The van der Waals surface area contributed by atoms with Gasteiger partial charge in [0, 0.05) is 46.2 Å². The topological polar surface area (TPSA) is 528 Å². The van der Waals surface area contributed by atoms with Gasteiger partial charge in [-0.3, -0.25) is 38.5 Å². The molecule has 7 aliphatic rings. The second-order valence-electron chi connectivity index (χ2n) is 27.3. The van der Waals surface area contributed by atoms with Crippen LogP contribution in [-0.2, 0) is 57.3 Å². The SMILES string of the molecule is C=CCOC(=O)N(C)[C@H](CC(C)C)C(=O)N[C@H]1C(=O)N[C@@H](CC(N)=O)C(=O)N[C@H]2C(=O)N[C@H]3C(=O)N[C@H](C(=O)N[C@@H](C(=O)O)c4cc(O)cc(O)c4-c4cc3ccc4O)[C@H](O)c3ccc(c(Cl)c3)Oc3cc2cc(c3OC2OC(CI)C(O)C(O)C2OC2CC(C)(N)C(O)C(C)O2)Oc2c(C)cc(cc2Cl)[C@H]1O. The molecular weight excluding hydrogens is 1580 g/mol. The average Bonchev–Trinajstić information content (AvgIpc) is 0.762. The van der Waals surface area contributed by atoms with Crippen LogP contribution in [0.4, 0.5) is 4.79 Å². The monoisotopic (exact) mass is 1660 g/mol. The molecule has 34 nitrogen and oxygen atoms in total. The number of aliphatic hydroxyl groups is 5. The fourth-order valence-corrected chi connectivity index (χ4v) is 14.4. The number of carbonyl (C=O) groups excluding carboxylic acids is 8. The fraction of sp³-hybridized carbons (Fsp3) is 0.423. The summed E-state index contributed by atoms with van der Waals surface area (Å²) in [5.41, 5.74) is 8.08. The molecule has 8 amide bonds. The smallest absolute Gasteiger partial charge is 0.410 e. The van der Waals surface area contributed by atoms with E-state index in [-0.39, 0.29) is 68.6 Å². The van der Waals surface area contributed by atoms with Gasteiger partial charge in [0.15, 0.2) is 29.9 Å². The highest BCUT2D eigenvalue weighted by atomic mass is 127. The van der Waals surface area contributed by atoms with Crippen LogP contribution >= 0.6 is 45.8 Å². The van der Waals surface area contributed by atoms with Crippen LogP contribution in [0.15, 0.2) is 85.5 Å². The van der Waals surface area contributed by atoms with Gasteiger partial charge in [0.05, 0.1) is 34.8 Å². The number of likely N-dealkylation sites (N-methyl/N-ethyl adjacent to an activating group) is 1. The molecule has 9 unspecified atom stereocenters. The summed E-state index contributed by atoms with van der Waals surface area (Å²) < 4.78 is 44.4. The summed E-state index contributed by atoms with van der Waals surface area (Å²) in [6, 6.07) is -2.46. The molecule has 37 heteroatoms. The first-order valence-corrected chi connectivity index (χ1v) is 35.9. The number of aliphatic carboxylic acids is 1. The molecular formula is C71H80Cl2IN9O25. The van der Waals surface area contributed by atoms with Crippen LogP contribution in [0.5, 0.6) is 46.0 Å². The molecule has 2 saturated heterocycles. The molecule has 19 N–H and O–H groups in total. The molecule has 7 heterocycles. The number of carbonyl (C=O) groups is 9. The molecule has 0 saturated carbocycles. The van der Waals surface area contributed by atoms with Gasteiger partial charge < -0.3 is 122 Å². The number of benzene rings is 5. The number of halogens is 3. The lowest BCUT2D eigenvalue weighted by Crippen LogP contribution is -2.64. The molecule has 5 aromatic rings. The van der Waals surface area contributed by atoms with Gasteiger partial charge >= 0.3 is 12.1 Å². The molecule has 0 aromatic heterocycles. The summed E-state index contributed by atoms with van der Waals surface area (Å²) >= 11 is 16.2. The van der Waals surface area contributed by atoms with E-state index in [1.165, 1.54) is 40.0 Å². The van der Waals surface area contributed by atoms with Gasteiger partial charge in [0.2, 0.25) is 53.4 Å². The lowest BCUT2D eigenvalue weighted by atomic mass is 9.86. The number of nitrogens with two attached hydrogens (primary N) is 2. The highest BCUT2D eigenvalue weighted by Gasteiger charge is 2.52. The number of fused-ring (bicyclic) bond motifs is 15. The summed E-state index contributed by atoms with van der Waals surface area (Å²) in [7, 11) is 1.24. The average molecular weight is 1660 g/mol. The highest BCUT2D eigenvalue weighted by Crippen LogP contribution is 2.50. The summed E-state index contributed by atoms with van der Waals surface area (Å²) in [5.74, 6) is -16.5. The van der Waals surface area contributed by atoms with E-state index in [1.807, 2.05) is 22.6 Å². The first-order chi connectivity index (χ1) is 50.9. The number of rotatable bonds is 15. The van der Waals surface area contributed by atoms with Crippen molar-refractivity contribution in [2.75, 3.05) is 18.1 Å². The Morgan fingerprint density at radius 2 is 1.44 bits per heavy atom. The largest absolute Gasteiger partial charge is 0.508 e. The maximum absolute atomic E-state index is 16.2. The predicted octanol–water partition coefficient (Wildman–Crippen LogP) is 2.89. The molecule has 5 aromatic carbocycles. The Balaban J connectivity index is 1.24. The molecule has 2 fully saturated rings. The third-order valence-corrected chi connectivity index (χ3v) is 20.2. The summed E-state index contributed by atoms with van der Waals surface area (Å²) in [4.78, 5) is 133. The van der Waals surface area contributed by atoms with Crippen LogP contribution in [0.2, 0.25) is 10.0 Å². The normalized spacial score (nSPS) is 28.2. The quantitative estimate of drug-likeness (QED) is 0.0407. The van der Waals surface area contributed by atoms with E-state index < -0.39 is 231 Å². The number of aromatic hydroxyl groups is 3. The zero-order chi connectivity index (χ0) is 79.0. The number of primary amides is 1. The molecule has 580 valence electrons. The second-order valence-corrected chi connectivity index (χ2v) is 29.0. The fourth-order valence-electron chi connectivity index (χ4n) is 13.2. The van der Waals surface area contributed by atoms with Crippen molar-refractivity contribution in [3.8, 4) is 57.1 Å². The molecule has 7 aliphatic heterocycles. The Hall–Kier alpha value is -9.38. The van der Waals surface area contributed by atoms with E-state index in [2.05, 4.69) is 38.5 Å². The highest BCUT2D eigenvalue weighted by molar-refractivity contribution is 14.1. The molecule has 18 atom stereocenters. The van der Waals surface area contributed by atoms with Gasteiger partial charge in [-0.25, -0.2) is 9.59 Å². The molecule has 12 rings (SSSR count). The number of hydrogen-bond donors (Lipinski definition) is 17. The molecule has 108 heavy (non-hydrogen) atoms. The number of hydrogen-bond acceptors (Lipinski definition) is 25. The number of ether oxygens (including phenoxy) is 7. The van der Waals surface area contributed by atoms with Gasteiger partial charge in [0.1, 0.15) is 96.0 Å². The lowest BCUT2D eigenvalue weighted by Gasteiger charge is -2.47. The van der Waals surface area contributed by atoms with E-state index in [4.69, 9.17) is 67.8 Å². The van der Waals surface area contributed by atoms with Crippen LogP contribution in [0.25, 0.3) is 11.1 Å². The number of nitrogens with zero attached hydrogens (tertiary/aromatic N) is 1. The minimum absolute atomic E-state index is 0.0189. The van der Waals surface area contributed by atoms with Gasteiger partial charge in [-0.2, -0.15) is 0 Å². The van der Waals surface area contributed by atoms with Crippen LogP contribution in [0.1, 0.15) is 111 Å². The number of phenolic OH excluding ortho intramolecular Hbond substituents is 3. The number of aliphatic hydroxyl groups excluding tert-OH is 5. The van der Waals surface area contributed by atoms with Crippen molar-refractivity contribution in [1.29, 1.82) is 0 Å². The Morgan fingerprint density at radius 3 is 2.07 bits per heavy atom. The van der Waals surface area contributed by atoms with Crippen LogP contribution in [0.3, 0.4) is 0 Å². The minimum atomic E-state index is -2.37. The van der Waals surface area contributed by atoms with Gasteiger partial charge in [-0.1, -0.05) is 84.4 Å². The molecule has 0 radical (unpaired) electrons. The van der Waals surface area contributed by atoms with Crippen molar-refractivity contribution in [2.24, 2.45) is 17.4 Å². The number of phenols is 3. The van der Waals surface area contributed by atoms with Crippen molar-refractivity contribution in [3.05, 3.63) is 129 Å². The van der Waals surface area contributed by atoms with Crippen molar-refractivity contribution in [2.45, 2.75) is 163 Å².